The third kappa shape index (κ3) is 5.24. The van der Waals surface area contributed by atoms with E-state index in [1.54, 1.807) is 24.3 Å². The van der Waals surface area contributed by atoms with Crippen LogP contribution in [0.4, 0.5) is 0 Å². The molecule has 1 aliphatic heterocycles. The monoisotopic (exact) mass is 403 g/mol. The number of carbonyl (C=O) groups excluding carboxylic acids is 2. The number of ether oxygens (including phenoxy) is 2. The topological polar surface area (TPSA) is 60.3 Å². The molecule has 2 aromatic carbocycles. The molecule has 7 heteroatoms. The Bertz CT molecular complexity index is 800. The minimum atomic E-state index is -0.406. The number of carbonyl (C=O) groups is 2. The number of quaternary nitrogens is 1. The summed E-state index contributed by atoms with van der Waals surface area (Å²) in [6, 6.07) is 13.9. The molecule has 1 N–H and O–H groups in total. The van der Waals surface area contributed by atoms with Crippen molar-refractivity contribution in [3.05, 3.63) is 64.7 Å². The molecule has 0 atom stereocenters. The van der Waals surface area contributed by atoms with Gasteiger partial charge in [-0.2, -0.15) is 0 Å². The number of nitrogens with one attached hydrogen (secondary N) is 1. The number of amides is 1. The highest BCUT2D eigenvalue weighted by molar-refractivity contribution is 6.30. The minimum Gasteiger partial charge on any atom is -0.488 e. The van der Waals surface area contributed by atoms with Crippen LogP contribution in [0.1, 0.15) is 20.7 Å². The molecule has 0 radical (unpaired) electrons. The normalized spacial score (nSPS) is 14.6. The molecule has 1 saturated heterocycles. The summed E-state index contributed by atoms with van der Waals surface area (Å²) in [7, 11) is 1.34. The van der Waals surface area contributed by atoms with Crippen molar-refractivity contribution in [2.45, 2.75) is 0 Å². The predicted octanol–water partition coefficient (Wildman–Crippen LogP) is 1.55. The summed E-state index contributed by atoms with van der Waals surface area (Å²) in [5, 5.41) is 0.693. The molecule has 0 aromatic heterocycles. The van der Waals surface area contributed by atoms with Gasteiger partial charge in [-0.3, -0.25) is 4.79 Å². The fraction of sp³-hybridized carbons (Fsp3) is 0.333. The Morgan fingerprint density at radius 2 is 1.61 bits per heavy atom. The fourth-order valence-corrected chi connectivity index (χ4v) is 3.30. The smallest absolute Gasteiger partial charge is 0.337 e. The largest absolute Gasteiger partial charge is 0.488 e. The van der Waals surface area contributed by atoms with Crippen molar-refractivity contribution >= 4 is 23.5 Å². The molecule has 3 rings (SSSR count). The molecule has 6 nitrogen and oxygen atoms in total. The highest BCUT2D eigenvalue weighted by Gasteiger charge is 2.24. The number of methoxy groups -OCH3 is 1. The van der Waals surface area contributed by atoms with Gasteiger partial charge in [-0.15, -0.1) is 0 Å². The molecule has 0 unspecified atom stereocenters. The van der Waals surface area contributed by atoms with E-state index in [1.807, 2.05) is 29.2 Å². The van der Waals surface area contributed by atoms with E-state index in [4.69, 9.17) is 16.3 Å². The molecule has 1 amide bonds. The van der Waals surface area contributed by atoms with Gasteiger partial charge in [0.05, 0.1) is 38.9 Å². The van der Waals surface area contributed by atoms with Crippen LogP contribution in [0.5, 0.6) is 5.75 Å². The summed E-state index contributed by atoms with van der Waals surface area (Å²) in [6.45, 7) is 4.69. The standard InChI is InChI=1S/C21H23ClN2O4/c1-27-21(26)17-4-2-16(3-5-17)20(25)24-12-10-23(11-13-24)14-15-28-19-8-6-18(22)7-9-19/h2-9H,10-15H2,1H3/p+1. The predicted molar refractivity (Wildman–Crippen MR) is 106 cm³/mol. The average Bonchev–Trinajstić information content (AvgIpc) is 2.74. The van der Waals surface area contributed by atoms with Gasteiger partial charge in [0.2, 0.25) is 0 Å². The zero-order chi connectivity index (χ0) is 19.9. The maximum absolute atomic E-state index is 12.6. The van der Waals surface area contributed by atoms with Gasteiger partial charge in [0.15, 0.2) is 0 Å². The summed E-state index contributed by atoms with van der Waals surface area (Å²) in [6.07, 6.45) is 0. The Balaban J connectivity index is 1.43. The molecule has 0 aliphatic carbocycles. The van der Waals surface area contributed by atoms with Crippen LogP contribution in [0.25, 0.3) is 0 Å². The third-order valence-electron chi connectivity index (χ3n) is 4.85. The molecule has 1 heterocycles. The van der Waals surface area contributed by atoms with Crippen LogP contribution >= 0.6 is 11.6 Å². The van der Waals surface area contributed by atoms with Crippen molar-refractivity contribution in [1.29, 1.82) is 0 Å². The first-order valence-electron chi connectivity index (χ1n) is 9.26. The van der Waals surface area contributed by atoms with Crippen LogP contribution in [0.3, 0.4) is 0 Å². The molecule has 1 aliphatic rings. The van der Waals surface area contributed by atoms with Crippen LogP contribution in [0.2, 0.25) is 5.02 Å². The Kier molecular flexibility index (Phi) is 6.90. The molecule has 148 valence electrons. The number of esters is 1. The Labute approximate surface area is 169 Å². The van der Waals surface area contributed by atoms with E-state index in [2.05, 4.69) is 4.74 Å². The maximum Gasteiger partial charge on any atom is 0.337 e. The maximum atomic E-state index is 12.6. The second-order valence-corrected chi connectivity index (χ2v) is 7.10. The van der Waals surface area contributed by atoms with Gasteiger partial charge in [-0.25, -0.2) is 4.79 Å². The van der Waals surface area contributed by atoms with Crippen molar-refractivity contribution < 1.29 is 24.0 Å². The summed E-state index contributed by atoms with van der Waals surface area (Å²) >= 11 is 5.87. The lowest BCUT2D eigenvalue weighted by Crippen LogP contribution is -3.15. The average molecular weight is 404 g/mol. The van der Waals surface area contributed by atoms with E-state index in [9.17, 15) is 9.59 Å². The van der Waals surface area contributed by atoms with E-state index in [0.29, 0.717) is 35.8 Å². The molecular formula is C21H24ClN2O4+. The van der Waals surface area contributed by atoms with Crippen molar-refractivity contribution in [2.75, 3.05) is 46.4 Å². The van der Waals surface area contributed by atoms with E-state index in [-0.39, 0.29) is 5.91 Å². The molecule has 2 aromatic rings. The Morgan fingerprint density at radius 1 is 1.00 bits per heavy atom. The number of piperazine rings is 1. The number of nitrogens with zero attached hydrogens (tertiary/aromatic N) is 1. The van der Waals surface area contributed by atoms with Crippen molar-refractivity contribution in [3.63, 3.8) is 0 Å². The van der Waals surface area contributed by atoms with Gasteiger partial charge in [-0.1, -0.05) is 11.6 Å². The van der Waals surface area contributed by atoms with Gasteiger partial charge >= 0.3 is 5.97 Å². The van der Waals surface area contributed by atoms with Gasteiger partial charge in [-0.05, 0) is 48.5 Å². The van der Waals surface area contributed by atoms with Gasteiger partial charge < -0.3 is 19.3 Å². The van der Waals surface area contributed by atoms with Gasteiger partial charge in [0.1, 0.15) is 18.9 Å². The van der Waals surface area contributed by atoms with Crippen LogP contribution < -0.4 is 9.64 Å². The number of rotatable bonds is 6. The highest BCUT2D eigenvalue weighted by atomic mass is 35.5. The lowest BCUT2D eigenvalue weighted by molar-refractivity contribution is -0.903. The number of halogens is 1. The summed E-state index contributed by atoms with van der Waals surface area (Å²) < 4.78 is 10.4. The van der Waals surface area contributed by atoms with Crippen LogP contribution in [0.15, 0.2) is 48.5 Å². The lowest BCUT2D eigenvalue weighted by atomic mass is 10.1. The van der Waals surface area contributed by atoms with Crippen molar-refractivity contribution in [2.24, 2.45) is 0 Å². The van der Waals surface area contributed by atoms with Crippen molar-refractivity contribution in [1.82, 2.24) is 4.90 Å². The first-order chi connectivity index (χ1) is 13.6. The van der Waals surface area contributed by atoms with E-state index < -0.39 is 5.97 Å². The Hall–Kier alpha value is -2.57. The van der Waals surface area contributed by atoms with E-state index in [1.165, 1.54) is 12.0 Å². The van der Waals surface area contributed by atoms with E-state index >= 15 is 0 Å². The molecule has 0 saturated carbocycles. The van der Waals surface area contributed by atoms with Crippen LogP contribution in [-0.2, 0) is 4.74 Å². The second kappa shape index (κ2) is 9.57. The first-order valence-corrected chi connectivity index (χ1v) is 9.64. The zero-order valence-corrected chi connectivity index (χ0v) is 16.6. The minimum absolute atomic E-state index is 0.00659. The van der Waals surface area contributed by atoms with Crippen LogP contribution in [-0.4, -0.2) is 63.2 Å². The Morgan fingerprint density at radius 3 is 2.21 bits per heavy atom. The SMILES string of the molecule is COC(=O)c1ccc(C(=O)N2CC[NH+](CCOc3ccc(Cl)cc3)CC2)cc1. The second-order valence-electron chi connectivity index (χ2n) is 6.66. The fourth-order valence-electron chi connectivity index (χ4n) is 3.17. The van der Waals surface area contributed by atoms with Gasteiger partial charge in [0, 0.05) is 10.6 Å². The summed E-state index contributed by atoms with van der Waals surface area (Å²) in [4.78, 5) is 27.4. The molecular weight excluding hydrogens is 380 g/mol. The molecule has 0 bridgehead atoms. The number of hydrogen-bond acceptors (Lipinski definition) is 4. The lowest BCUT2D eigenvalue weighted by Gasteiger charge is -2.32. The highest BCUT2D eigenvalue weighted by Crippen LogP contribution is 2.15. The molecule has 1 fully saturated rings. The summed E-state index contributed by atoms with van der Waals surface area (Å²) in [5.41, 5.74) is 1.02. The van der Waals surface area contributed by atoms with Crippen LogP contribution in [0, 0.1) is 0 Å². The number of hydrogen-bond donors (Lipinski definition) is 1. The zero-order valence-electron chi connectivity index (χ0n) is 15.8. The van der Waals surface area contributed by atoms with E-state index in [0.717, 1.165) is 25.4 Å². The molecule has 28 heavy (non-hydrogen) atoms. The molecule has 0 spiro atoms. The summed E-state index contributed by atoms with van der Waals surface area (Å²) in [5.74, 6) is 0.401. The van der Waals surface area contributed by atoms with Crippen molar-refractivity contribution in [3.8, 4) is 5.75 Å². The van der Waals surface area contributed by atoms with Gasteiger partial charge in [0.25, 0.3) is 5.91 Å². The first kappa shape index (κ1) is 20.2. The quantitative estimate of drug-likeness (QED) is 0.743. The third-order valence-corrected chi connectivity index (χ3v) is 5.10. The number of benzene rings is 2.